The van der Waals surface area contributed by atoms with E-state index in [4.69, 9.17) is 11.6 Å². The third kappa shape index (κ3) is 3.45. The average Bonchev–Trinajstić information content (AvgIpc) is 2.48. The molecule has 7 heteroatoms. The number of hydrogen-bond donors (Lipinski definition) is 2. The summed E-state index contributed by atoms with van der Waals surface area (Å²) in [6, 6.07) is 5.19. The minimum absolute atomic E-state index is 0.0453. The van der Waals surface area contributed by atoms with Crippen molar-refractivity contribution < 1.29 is 5.11 Å². The van der Waals surface area contributed by atoms with Gasteiger partial charge in [0.1, 0.15) is 5.75 Å². The van der Waals surface area contributed by atoms with Crippen molar-refractivity contribution in [2.24, 2.45) is 0 Å². The smallest absolute Gasteiger partial charge is 0.185 e. The monoisotopic (exact) mass is 319 g/mol. The Hall–Kier alpha value is -1.92. The summed E-state index contributed by atoms with van der Waals surface area (Å²) in [4.78, 5) is 6.56. The molecule has 0 saturated carbocycles. The van der Waals surface area contributed by atoms with Crippen LogP contribution in [0.2, 0.25) is 5.02 Å². The van der Waals surface area contributed by atoms with E-state index in [2.05, 4.69) is 32.4 Å². The van der Waals surface area contributed by atoms with Crippen LogP contribution in [0.3, 0.4) is 0 Å². The summed E-state index contributed by atoms with van der Waals surface area (Å²) in [7, 11) is 2.12. The van der Waals surface area contributed by atoms with E-state index in [9.17, 15) is 5.11 Å². The summed E-state index contributed by atoms with van der Waals surface area (Å²) in [5, 5.41) is 21.9. The van der Waals surface area contributed by atoms with Crippen molar-refractivity contribution in [2.75, 3.05) is 25.5 Å². The minimum atomic E-state index is 0.0453. The molecule has 1 aromatic heterocycles. The van der Waals surface area contributed by atoms with E-state index in [1.807, 2.05) is 0 Å². The highest BCUT2D eigenvalue weighted by Crippen LogP contribution is 2.28. The molecule has 1 atom stereocenters. The number of rotatable bonds is 3. The number of anilines is 1. The molecule has 116 valence electrons. The fourth-order valence-electron chi connectivity index (χ4n) is 2.65. The van der Waals surface area contributed by atoms with Crippen LogP contribution in [0, 0.1) is 0 Å². The van der Waals surface area contributed by atoms with Gasteiger partial charge in [-0.1, -0.05) is 11.6 Å². The Balaban J connectivity index is 1.72. The number of aromatic nitrogens is 3. The quantitative estimate of drug-likeness (QED) is 0.905. The fourth-order valence-corrected chi connectivity index (χ4v) is 2.82. The van der Waals surface area contributed by atoms with Gasteiger partial charge in [0.25, 0.3) is 0 Å². The number of phenolic OH excluding ortho intramolecular Hbond substituents is 1. The number of nitrogens with one attached hydrogen (secondary N) is 1. The van der Waals surface area contributed by atoms with Gasteiger partial charge in [-0.2, -0.15) is 0 Å². The van der Waals surface area contributed by atoms with Gasteiger partial charge in [-0.3, -0.25) is 0 Å². The molecule has 3 rings (SSSR count). The minimum Gasteiger partial charge on any atom is -0.507 e. The van der Waals surface area contributed by atoms with Crippen LogP contribution in [0.15, 0.2) is 24.4 Å². The first-order valence-corrected chi connectivity index (χ1v) is 7.63. The van der Waals surface area contributed by atoms with E-state index in [0.717, 1.165) is 19.5 Å². The molecule has 0 aliphatic carbocycles. The highest BCUT2D eigenvalue weighted by Gasteiger charge is 2.17. The number of likely N-dealkylation sites (tertiary alicyclic amines) is 1. The van der Waals surface area contributed by atoms with Gasteiger partial charge in [0.2, 0.25) is 0 Å². The number of piperidine rings is 1. The third-order valence-electron chi connectivity index (χ3n) is 3.74. The highest BCUT2D eigenvalue weighted by molar-refractivity contribution is 6.30. The van der Waals surface area contributed by atoms with E-state index < -0.39 is 0 Å². The second-order valence-corrected chi connectivity index (χ2v) is 6.01. The van der Waals surface area contributed by atoms with E-state index in [0.29, 0.717) is 28.3 Å². The van der Waals surface area contributed by atoms with Crippen LogP contribution in [-0.4, -0.2) is 51.4 Å². The maximum absolute atomic E-state index is 9.89. The van der Waals surface area contributed by atoms with E-state index in [-0.39, 0.29) is 5.75 Å². The lowest BCUT2D eigenvalue weighted by atomic mass is 10.1. The first kappa shape index (κ1) is 15.0. The predicted octanol–water partition coefficient (Wildman–Crippen LogP) is 2.40. The van der Waals surface area contributed by atoms with E-state index in [1.54, 1.807) is 18.3 Å². The molecule has 1 aliphatic heterocycles. The first-order valence-electron chi connectivity index (χ1n) is 7.25. The predicted molar refractivity (Wildman–Crippen MR) is 86.1 cm³/mol. The van der Waals surface area contributed by atoms with Crippen molar-refractivity contribution in [1.82, 2.24) is 20.1 Å². The molecule has 1 fully saturated rings. The van der Waals surface area contributed by atoms with Crippen LogP contribution in [0.1, 0.15) is 12.8 Å². The van der Waals surface area contributed by atoms with Crippen LogP contribution >= 0.6 is 11.6 Å². The van der Waals surface area contributed by atoms with Gasteiger partial charge in [0, 0.05) is 17.6 Å². The Labute approximate surface area is 134 Å². The second kappa shape index (κ2) is 6.46. The molecule has 1 aromatic carbocycles. The van der Waals surface area contributed by atoms with Gasteiger partial charge < -0.3 is 15.3 Å². The van der Waals surface area contributed by atoms with Crippen LogP contribution in [-0.2, 0) is 0 Å². The highest BCUT2D eigenvalue weighted by atomic mass is 35.5. The molecular weight excluding hydrogens is 302 g/mol. The lowest BCUT2D eigenvalue weighted by molar-refractivity contribution is 0.260. The number of aromatic hydroxyl groups is 1. The molecule has 1 aliphatic rings. The van der Waals surface area contributed by atoms with Crippen molar-refractivity contribution in [1.29, 1.82) is 0 Å². The fraction of sp³-hybridized carbons (Fsp3) is 0.400. The Bertz CT molecular complexity index is 649. The zero-order chi connectivity index (χ0) is 15.5. The van der Waals surface area contributed by atoms with Crippen molar-refractivity contribution in [3.05, 3.63) is 29.4 Å². The largest absolute Gasteiger partial charge is 0.507 e. The summed E-state index contributed by atoms with van der Waals surface area (Å²) in [5.41, 5.74) is 0.515. The van der Waals surface area contributed by atoms with Crippen LogP contribution in [0.25, 0.3) is 11.4 Å². The Kier molecular flexibility index (Phi) is 4.40. The number of benzene rings is 1. The molecule has 1 saturated heterocycles. The summed E-state index contributed by atoms with van der Waals surface area (Å²) < 4.78 is 0. The van der Waals surface area contributed by atoms with E-state index >= 15 is 0 Å². The van der Waals surface area contributed by atoms with Gasteiger partial charge in [-0.25, -0.2) is 4.98 Å². The van der Waals surface area contributed by atoms with Gasteiger partial charge in [0.05, 0.1) is 11.8 Å². The molecular formula is C15H18ClN5O. The van der Waals surface area contributed by atoms with Crippen molar-refractivity contribution in [3.8, 4) is 17.1 Å². The van der Waals surface area contributed by atoms with E-state index in [1.165, 1.54) is 12.5 Å². The molecule has 22 heavy (non-hydrogen) atoms. The Morgan fingerprint density at radius 3 is 2.91 bits per heavy atom. The molecule has 1 unspecified atom stereocenters. The normalized spacial score (nSPS) is 19.1. The lowest BCUT2D eigenvalue weighted by Gasteiger charge is -2.30. The SMILES string of the molecule is CN1CCCC(Nc2cnc(-c3ccc(Cl)cc3O)nn2)C1. The summed E-state index contributed by atoms with van der Waals surface area (Å²) in [6.07, 6.45) is 3.93. The van der Waals surface area contributed by atoms with Gasteiger partial charge >= 0.3 is 0 Å². The van der Waals surface area contributed by atoms with Crippen molar-refractivity contribution in [2.45, 2.75) is 18.9 Å². The van der Waals surface area contributed by atoms with Gasteiger partial charge in [-0.05, 0) is 44.6 Å². The van der Waals surface area contributed by atoms with Crippen LogP contribution in [0.4, 0.5) is 5.82 Å². The summed E-state index contributed by atoms with van der Waals surface area (Å²) >= 11 is 5.82. The number of halogens is 1. The Morgan fingerprint density at radius 2 is 2.23 bits per heavy atom. The third-order valence-corrected chi connectivity index (χ3v) is 3.97. The number of hydrogen-bond acceptors (Lipinski definition) is 6. The molecule has 2 heterocycles. The molecule has 0 bridgehead atoms. The zero-order valence-corrected chi connectivity index (χ0v) is 13.1. The molecule has 0 spiro atoms. The lowest BCUT2D eigenvalue weighted by Crippen LogP contribution is -2.39. The maximum atomic E-state index is 9.89. The van der Waals surface area contributed by atoms with Gasteiger partial charge in [-0.15, -0.1) is 10.2 Å². The van der Waals surface area contributed by atoms with Crippen molar-refractivity contribution in [3.63, 3.8) is 0 Å². The molecule has 0 radical (unpaired) electrons. The second-order valence-electron chi connectivity index (χ2n) is 5.57. The number of likely N-dealkylation sites (N-methyl/N-ethyl adjacent to an activating group) is 1. The topological polar surface area (TPSA) is 74.2 Å². The number of phenols is 1. The zero-order valence-electron chi connectivity index (χ0n) is 12.3. The number of nitrogens with zero attached hydrogens (tertiary/aromatic N) is 4. The maximum Gasteiger partial charge on any atom is 0.185 e. The Morgan fingerprint density at radius 1 is 1.36 bits per heavy atom. The molecule has 6 nitrogen and oxygen atoms in total. The standard InChI is InChI=1S/C15H18ClN5O/c1-21-6-2-3-11(9-21)18-14-8-17-15(20-19-14)12-5-4-10(16)7-13(12)22/h4-5,7-8,11,22H,2-3,6,9H2,1H3,(H,18,19). The molecule has 2 aromatic rings. The molecule has 2 N–H and O–H groups in total. The van der Waals surface area contributed by atoms with Crippen LogP contribution < -0.4 is 5.32 Å². The van der Waals surface area contributed by atoms with Crippen molar-refractivity contribution >= 4 is 17.4 Å². The first-order chi connectivity index (χ1) is 10.6. The van der Waals surface area contributed by atoms with Crippen LogP contribution in [0.5, 0.6) is 5.75 Å². The van der Waals surface area contributed by atoms with Gasteiger partial charge in [0.15, 0.2) is 11.6 Å². The molecule has 0 amide bonds. The average molecular weight is 320 g/mol. The summed E-state index contributed by atoms with van der Waals surface area (Å²) in [6.45, 7) is 2.12. The summed E-state index contributed by atoms with van der Waals surface area (Å²) in [5.74, 6) is 1.07.